The Morgan fingerprint density at radius 3 is 2.75 bits per heavy atom. The van der Waals surface area contributed by atoms with Gasteiger partial charge in [0.05, 0.1) is 30.1 Å². The SMILES string of the molecule is N#CCc1nc2ccccc2n1CCOCC(F)(F)F. The molecule has 1 aromatic heterocycles. The number of benzene rings is 1. The molecule has 0 saturated heterocycles. The number of alkyl halides is 3. The average molecular weight is 283 g/mol. The van der Waals surface area contributed by atoms with Gasteiger partial charge in [-0.15, -0.1) is 0 Å². The molecule has 4 nitrogen and oxygen atoms in total. The molecule has 0 atom stereocenters. The number of rotatable bonds is 5. The number of nitriles is 1. The van der Waals surface area contributed by atoms with Crippen molar-refractivity contribution in [3.63, 3.8) is 0 Å². The molecule has 20 heavy (non-hydrogen) atoms. The van der Waals surface area contributed by atoms with E-state index in [2.05, 4.69) is 9.72 Å². The van der Waals surface area contributed by atoms with Crippen molar-refractivity contribution in [3.8, 4) is 6.07 Å². The quantitative estimate of drug-likeness (QED) is 0.793. The third-order valence-corrected chi connectivity index (χ3v) is 2.70. The summed E-state index contributed by atoms with van der Waals surface area (Å²) < 4.78 is 42.3. The molecule has 0 N–H and O–H groups in total. The summed E-state index contributed by atoms with van der Waals surface area (Å²) in [4.78, 5) is 4.29. The lowest BCUT2D eigenvalue weighted by molar-refractivity contribution is -0.174. The molecule has 0 aliphatic heterocycles. The number of imidazole rings is 1. The lowest BCUT2D eigenvalue weighted by atomic mass is 10.3. The molecular formula is C13H12F3N3O. The molecule has 106 valence electrons. The van der Waals surface area contributed by atoms with Crippen molar-refractivity contribution in [2.75, 3.05) is 13.2 Å². The van der Waals surface area contributed by atoms with Crippen LogP contribution in [0.1, 0.15) is 5.82 Å². The Bertz CT molecular complexity index is 628. The van der Waals surface area contributed by atoms with E-state index >= 15 is 0 Å². The molecular weight excluding hydrogens is 271 g/mol. The van der Waals surface area contributed by atoms with Gasteiger partial charge in [0.1, 0.15) is 12.4 Å². The molecule has 0 unspecified atom stereocenters. The van der Waals surface area contributed by atoms with E-state index in [9.17, 15) is 13.2 Å². The summed E-state index contributed by atoms with van der Waals surface area (Å²) in [6, 6.07) is 9.23. The highest BCUT2D eigenvalue weighted by Gasteiger charge is 2.27. The van der Waals surface area contributed by atoms with Crippen LogP contribution in [0.25, 0.3) is 11.0 Å². The molecule has 0 fully saturated rings. The standard InChI is InChI=1S/C13H12F3N3O/c14-13(15,16)9-20-8-7-19-11-4-2-1-3-10(11)18-12(19)5-6-17/h1-4H,5,7-9H2. The van der Waals surface area contributed by atoms with E-state index in [-0.39, 0.29) is 19.6 Å². The number of hydrogen-bond acceptors (Lipinski definition) is 3. The van der Waals surface area contributed by atoms with Gasteiger partial charge in [0.25, 0.3) is 0 Å². The highest BCUT2D eigenvalue weighted by Crippen LogP contribution is 2.17. The molecule has 0 radical (unpaired) electrons. The maximum absolute atomic E-state index is 12.0. The minimum absolute atomic E-state index is 0.0850. The van der Waals surface area contributed by atoms with Gasteiger partial charge in [-0.3, -0.25) is 0 Å². The summed E-state index contributed by atoms with van der Waals surface area (Å²) in [6.45, 7) is -1.13. The minimum Gasteiger partial charge on any atom is -0.370 e. The fourth-order valence-electron chi connectivity index (χ4n) is 1.92. The predicted molar refractivity (Wildman–Crippen MR) is 65.9 cm³/mol. The first-order valence-electron chi connectivity index (χ1n) is 5.97. The predicted octanol–water partition coefficient (Wildman–Crippen LogP) is 2.68. The van der Waals surface area contributed by atoms with E-state index < -0.39 is 12.8 Å². The lowest BCUT2D eigenvalue weighted by Gasteiger charge is -2.10. The molecule has 0 aliphatic carbocycles. The topological polar surface area (TPSA) is 50.8 Å². The van der Waals surface area contributed by atoms with Crippen molar-refractivity contribution in [1.82, 2.24) is 9.55 Å². The third kappa shape index (κ3) is 3.48. The Labute approximate surface area is 113 Å². The first-order valence-corrected chi connectivity index (χ1v) is 5.97. The zero-order valence-electron chi connectivity index (χ0n) is 10.5. The zero-order valence-corrected chi connectivity index (χ0v) is 10.5. The van der Waals surface area contributed by atoms with Crippen LogP contribution in [0.5, 0.6) is 0 Å². The van der Waals surface area contributed by atoms with Gasteiger partial charge in [0, 0.05) is 6.54 Å². The first-order chi connectivity index (χ1) is 9.51. The van der Waals surface area contributed by atoms with Crippen LogP contribution >= 0.6 is 0 Å². The average Bonchev–Trinajstić information content (AvgIpc) is 2.72. The van der Waals surface area contributed by atoms with Gasteiger partial charge in [-0.25, -0.2) is 4.98 Å². The number of nitrogens with zero attached hydrogens (tertiary/aromatic N) is 3. The van der Waals surface area contributed by atoms with Crippen LogP contribution in [0, 0.1) is 11.3 Å². The van der Waals surface area contributed by atoms with Crippen LogP contribution in [0.4, 0.5) is 13.2 Å². The molecule has 0 bridgehead atoms. The van der Waals surface area contributed by atoms with Crippen LogP contribution in [-0.2, 0) is 17.7 Å². The fraction of sp³-hybridized carbons (Fsp3) is 0.385. The van der Waals surface area contributed by atoms with Gasteiger partial charge >= 0.3 is 6.18 Å². The van der Waals surface area contributed by atoms with Gasteiger partial charge < -0.3 is 9.30 Å². The summed E-state index contributed by atoms with van der Waals surface area (Å²) in [5, 5.41) is 8.76. The maximum Gasteiger partial charge on any atom is 0.411 e. The Hall–Kier alpha value is -2.07. The fourth-order valence-corrected chi connectivity index (χ4v) is 1.92. The summed E-state index contributed by atoms with van der Waals surface area (Å²) >= 11 is 0. The molecule has 7 heteroatoms. The second-order valence-corrected chi connectivity index (χ2v) is 4.17. The van der Waals surface area contributed by atoms with Crippen molar-refractivity contribution in [2.45, 2.75) is 19.1 Å². The van der Waals surface area contributed by atoms with Crippen LogP contribution in [-0.4, -0.2) is 28.9 Å². The first kappa shape index (κ1) is 14.3. The number of fused-ring (bicyclic) bond motifs is 1. The molecule has 2 aromatic rings. The van der Waals surface area contributed by atoms with Gasteiger partial charge in [0.15, 0.2) is 0 Å². The van der Waals surface area contributed by atoms with Crippen LogP contribution in [0.2, 0.25) is 0 Å². The molecule has 0 aliphatic rings. The van der Waals surface area contributed by atoms with Crippen molar-refractivity contribution in [1.29, 1.82) is 5.26 Å². The zero-order chi connectivity index (χ0) is 14.6. The molecule has 0 amide bonds. The highest BCUT2D eigenvalue weighted by molar-refractivity contribution is 5.75. The van der Waals surface area contributed by atoms with Crippen molar-refractivity contribution >= 4 is 11.0 Å². The van der Waals surface area contributed by atoms with Gasteiger partial charge in [-0.2, -0.15) is 18.4 Å². The van der Waals surface area contributed by atoms with E-state index in [1.54, 1.807) is 10.6 Å². The largest absolute Gasteiger partial charge is 0.411 e. The normalized spacial score (nSPS) is 11.7. The van der Waals surface area contributed by atoms with Crippen LogP contribution in [0.15, 0.2) is 24.3 Å². The Balaban J connectivity index is 2.11. The molecule has 1 heterocycles. The van der Waals surface area contributed by atoms with Crippen molar-refractivity contribution in [3.05, 3.63) is 30.1 Å². The van der Waals surface area contributed by atoms with Gasteiger partial charge in [-0.05, 0) is 12.1 Å². The van der Waals surface area contributed by atoms with E-state index in [0.717, 1.165) is 5.52 Å². The van der Waals surface area contributed by atoms with E-state index in [1.807, 2.05) is 24.3 Å². The highest BCUT2D eigenvalue weighted by atomic mass is 19.4. The van der Waals surface area contributed by atoms with Gasteiger partial charge in [-0.1, -0.05) is 12.1 Å². The minimum atomic E-state index is -4.33. The molecule has 2 rings (SSSR count). The number of halogens is 3. The number of aromatic nitrogens is 2. The van der Waals surface area contributed by atoms with E-state index in [4.69, 9.17) is 5.26 Å². The second kappa shape index (κ2) is 5.92. The Kier molecular flexibility index (Phi) is 4.25. The van der Waals surface area contributed by atoms with Crippen LogP contribution < -0.4 is 0 Å². The number of para-hydroxylation sites is 2. The van der Waals surface area contributed by atoms with Crippen molar-refractivity contribution < 1.29 is 17.9 Å². The molecule has 1 aromatic carbocycles. The second-order valence-electron chi connectivity index (χ2n) is 4.17. The van der Waals surface area contributed by atoms with Crippen LogP contribution in [0.3, 0.4) is 0 Å². The maximum atomic E-state index is 12.0. The third-order valence-electron chi connectivity index (χ3n) is 2.70. The number of hydrogen-bond donors (Lipinski definition) is 0. The lowest BCUT2D eigenvalue weighted by Crippen LogP contribution is -2.19. The molecule has 0 spiro atoms. The van der Waals surface area contributed by atoms with Gasteiger partial charge in [0.2, 0.25) is 0 Å². The Morgan fingerprint density at radius 1 is 1.30 bits per heavy atom. The summed E-state index contributed by atoms with van der Waals surface area (Å²) in [7, 11) is 0. The Morgan fingerprint density at radius 2 is 2.05 bits per heavy atom. The monoisotopic (exact) mass is 283 g/mol. The summed E-state index contributed by atoms with van der Waals surface area (Å²) in [5.41, 5.74) is 1.50. The van der Waals surface area contributed by atoms with Crippen molar-refractivity contribution in [2.24, 2.45) is 0 Å². The molecule has 0 saturated carbocycles. The number of ether oxygens (including phenoxy) is 1. The summed E-state index contributed by atoms with van der Waals surface area (Å²) in [5.74, 6) is 0.532. The van der Waals surface area contributed by atoms with E-state index in [1.165, 1.54) is 0 Å². The van der Waals surface area contributed by atoms with E-state index in [0.29, 0.717) is 11.3 Å². The summed E-state index contributed by atoms with van der Waals surface area (Å²) in [6.07, 6.45) is -4.22. The smallest absolute Gasteiger partial charge is 0.370 e.